The highest BCUT2D eigenvalue weighted by Gasteiger charge is 2.10. The predicted octanol–water partition coefficient (Wildman–Crippen LogP) is 4.55. The Morgan fingerprint density at radius 3 is 2.54 bits per heavy atom. The summed E-state index contributed by atoms with van der Waals surface area (Å²) in [6.07, 6.45) is 3.32. The second-order valence-corrected chi connectivity index (χ2v) is 5.62. The Labute approximate surface area is 149 Å². The van der Waals surface area contributed by atoms with Crippen LogP contribution in [0.2, 0.25) is 0 Å². The van der Waals surface area contributed by atoms with Crippen molar-refractivity contribution in [1.29, 1.82) is 0 Å². The van der Waals surface area contributed by atoms with Gasteiger partial charge < -0.3 is 9.73 Å². The maximum atomic E-state index is 13.2. The van der Waals surface area contributed by atoms with Gasteiger partial charge in [0.2, 0.25) is 0 Å². The summed E-state index contributed by atoms with van der Waals surface area (Å²) in [6, 6.07) is 17.3. The summed E-state index contributed by atoms with van der Waals surface area (Å²) in [6.45, 7) is 0.495. The summed E-state index contributed by atoms with van der Waals surface area (Å²) in [4.78, 5) is 13.5. The summed E-state index contributed by atoms with van der Waals surface area (Å²) >= 11 is 0. The molecule has 26 heavy (non-hydrogen) atoms. The zero-order valence-corrected chi connectivity index (χ0v) is 13.8. The van der Waals surface area contributed by atoms with Crippen LogP contribution in [0.15, 0.2) is 77.5 Å². The molecule has 128 valence electrons. The Balaban J connectivity index is 1.72. The molecule has 0 aliphatic carbocycles. The third-order valence-electron chi connectivity index (χ3n) is 3.78. The molecule has 0 radical (unpaired) electrons. The third kappa shape index (κ3) is 3.59. The lowest BCUT2D eigenvalue weighted by molar-refractivity contribution is 0.518. The van der Waals surface area contributed by atoms with Crippen LogP contribution in [0, 0.1) is 5.82 Å². The van der Waals surface area contributed by atoms with Crippen LogP contribution < -0.4 is 5.32 Å². The Morgan fingerprint density at radius 2 is 1.81 bits per heavy atom. The van der Waals surface area contributed by atoms with Gasteiger partial charge in [-0.3, -0.25) is 4.98 Å². The molecule has 0 aliphatic rings. The molecule has 3 aromatic heterocycles. The second-order valence-electron chi connectivity index (χ2n) is 5.62. The molecule has 0 amide bonds. The maximum absolute atomic E-state index is 13.2. The van der Waals surface area contributed by atoms with Gasteiger partial charge in [-0.15, -0.1) is 0 Å². The lowest BCUT2D eigenvalue weighted by atomic mass is 10.1. The van der Waals surface area contributed by atoms with E-state index in [1.54, 1.807) is 24.6 Å². The van der Waals surface area contributed by atoms with E-state index < -0.39 is 0 Å². The van der Waals surface area contributed by atoms with Crippen molar-refractivity contribution in [3.63, 3.8) is 0 Å². The van der Waals surface area contributed by atoms with Crippen molar-refractivity contribution in [3.8, 4) is 22.8 Å². The number of anilines is 1. The average Bonchev–Trinajstić information content (AvgIpc) is 3.21. The van der Waals surface area contributed by atoms with Crippen molar-refractivity contribution in [2.75, 3.05) is 5.32 Å². The minimum absolute atomic E-state index is 0.288. The molecule has 0 spiro atoms. The highest BCUT2D eigenvalue weighted by atomic mass is 19.1. The first-order valence-corrected chi connectivity index (χ1v) is 8.10. The van der Waals surface area contributed by atoms with Crippen molar-refractivity contribution in [3.05, 3.63) is 84.7 Å². The van der Waals surface area contributed by atoms with E-state index >= 15 is 0 Å². The Hall–Kier alpha value is -3.54. The number of furan rings is 1. The quantitative estimate of drug-likeness (QED) is 0.574. The van der Waals surface area contributed by atoms with Gasteiger partial charge in [-0.1, -0.05) is 6.07 Å². The maximum Gasteiger partial charge on any atom is 0.180 e. The van der Waals surface area contributed by atoms with E-state index in [0.717, 1.165) is 11.3 Å². The van der Waals surface area contributed by atoms with Gasteiger partial charge in [0.1, 0.15) is 23.1 Å². The van der Waals surface area contributed by atoms with Crippen molar-refractivity contribution < 1.29 is 8.81 Å². The van der Waals surface area contributed by atoms with E-state index in [0.29, 0.717) is 29.6 Å². The topological polar surface area (TPSA) is 63.8 Å². The fourth-order valence-electron chi connectivity index (χ4n) is 2.51. The van der Waals surface area contributed by atoms with E-state index in [4.69, 9.17) is 4.42 Å². The van der Waals surface area contributed by atoms with Crippen LogP contribution >= 0.6 is 0 Å². The summed E-state index contributed by atoms with van der Waals surface area (Å²) < 4.78 is 18.6. The predicted molar refractivity (Wildman–Crippen MR) is 96.7 cm³/mol. The standard InChI is InChI=1S/C20H15FN4O/c21-15-8-6-14(7-9-15)18-12-19(23-13-16-4-3-11-26-16)25-20(24-18)17-5-1-2-10-22-17/h1-12H,13H2,(H,23,24,25). The van der Waals surface area contributed by atoms with E-state index in [2.05, 4.69) is 20.3 Å². The smallest absolute Gasteiger partial charge is 0.180 e. The van der Waals surface area contributed by atoms with Crippen LogP contribution in [0.3, 0.4) is 0 Å². The number of halogens is 1. The number of hydrogen-bond acceptors (Lipinski definition) is 5. The van der Waals surface area contributed by atoms with Gasteiger partial charge in [0.15, 0.2) is 5.82 Å². The molecule has 0 saturated carbocycles. The first-order chi connectivity index (χ1) is 12.8. The normalized spacial score (nSPS) is 10.7. The van der Waals surface area contributed by atoms with E-state index in [-0.39, 0.29) is 5.82 Å². The molecule has 0 saturated heterocycles. The van der Waals surface area contributed by atoms with Crippen molar-refractivity contribution in [2.45, 2.75) is 6.54 Å². The highest BCUT2D eigenvalue weighted by Crippen LogP contribution is 2.24. The number of pyridine rings is 1. The fraction of sp³-hybridized carbons (Fsp3) is 0.0500. The number of nitrogens with one attached hydrogen (secondary N) is 1. The molecule has 1 N–H and O–H groups in total. The van der Waals surface area contributed by atoms with Gasteiger partial charge in [-0.05, 0) is 48.5 Å². The third-order valence-corrected chi connectivity index (χ3v) is 3.78. The molecule has 0 atom stereocenters. The van der Waals surface area contributed by atoms with Crippen LogP contribution in [0.4, 0.5) is 10.2 Å². The largest absolute Gasteiger partial charge is 0.467 e. The molecule has 4 aromatic rings. The lowest BCUT2D eigenvalue weighted by Gasteiger charge is -2.09. The average molecular weight is 346 g/mol. The first kappa shape index (κ1) is 16.0. The van der Waals surface area contributed by atoms with Crippen LogP contribution in [0.1, 0.15) is 5.76 Å². The van der Waals surface area contributed by atoms with E-state index in [1.807, 2.05) is 36.4 Å². The molecule has 5 nitrogen and oxygen atoms in total. The number of aromatic nitrogens is 3. The Kier molecular flexibility index (Phi) is 4.38. The van der Waals surface area contributed by atoms with Crippen molar-refractivity contribution in [2.24, 2.45) is 0 Å². The summed E-state index contributed by atoms with van der Waals surface area (Å²) in [5.41, 5.74) is 2.15. The highest BCUT2D eigenvalue weighted by molar-refractivity contribution is 5.66. The SMILES string of the molecule is Fc1ccc(-c2cc(NCc3ccco3)nc(-c3ccccn3)n2)cc1. The monoisotopic (exact) mass is 346 g/mol. The molecule has 0 fully saturated rings. The Morgan fingerprint density at radius 1 is 0.923 bits per heavy atom. The van der Waals surface area contributed by atoms with Crippen LogP contribution in [-0.2, 0) is 6.54 Å². The molecule has 0 bridgehead atoms. The zero-order chi connectivity index (χ0) is 17.8. The number of hydrogen-bond donors (Lipinski definition) is 1. The van der Waals surface area contributed by atoms with Gasteiger partial charge >= 0.3 is 0 Å². The van der Waals surface area contributed by atoms with Crippen molar-refractivity contribution in [1.82, 2.24) is 15.0 Å². The molecule has 6 heteroatoms. The zero-order valence-electron chi connectivity index (χ0n) is 13.8. The van der Waals surface area contributed by atoms with Gasteiger partial charge in [-0.25, -0.2) is 14.4 Å². The van der Waals surface area contributed by atoms with Gasteiger partial charge in [-0.2, -0.15) is 0 Å². The van der Waals surface area contributed by atoms with Crippen LogP contribution in [0.25, 0.3) is 22.8 Å². The molecule has 4 rings (SSSR count). The minimum atomic E-state index is -0.288. The van der Waals surface area contributed by atoms with E-state index in [9.17, 15) is 4.39 Å². The van der Waals surface area contributed by atoms with E-state index in [1.165, 1.54) is 12.1 Å². The van der Waals surface area contributed by atoms with Gasteiger partial charge in [0, 0.05) is 17.8 Å². The van der Waals surface area contributed by atoms with Crippen LogP contribution in [0.5, 0.6) is 0 Å². The molecular weight excluding hydrogens is 331 g/mol. The number of rotatable bonds is 5. The van der Waals surface area contributed by atoms with Gasteiger partial charge in [0.05, 0.1) is 18.5 Å². The fourth-order valence-corrected chi connectivity index (χ4v) is 2.51. The summed E-state index contributed by atoms with van der Waals surface area (Å²) in [5, 5.41) is 3.23. The minimum Gasteiger partial charge on any atom is -0.467 e. The molecule has 3 heterocycles. The summed E-state index contributed by atoms with van der Waals surface area (Å²) in [5.74, 6) is 1.64. The number of benzene rings is 1. The molecular formula is C20H15FN4O. The Bertz CT molecular complexity index is 986. The lowest BCUT2D eigenvalue weighted by Crippen LogP contribution is -2.04. The van der Waals surface area contributed by atoms with Crippen molar-refractivity contribution >= 4 is 5.82 Å². The molecule has 0 unspecified atom stereocenters. The van der Waals surface area contributed by atoms with Gasteiger partial charge in [0.25, 0.3) is 0 Å². The van der Waals surface area contributed by atoms with Crippen LogP contribution in [-0.4, -0.2) is 15.0 Å². The summed E-state index contributed by atoms with van der Waals surface area (Å²) in [7, 11) is 0. The first-order valence-electron chi connectivity index (χ1n) is 8.10. The molecule has 0 aliphatic heterocycles. The molecule has 1 aromatic carbocycles. The number of nitrogens with zero attached hydrogens (tertiary/aromatic N) is 3. The second kappa shape index (κ2) is 7.14.